The monoisotopic (exact) mass is 412 g/mol. The second-order valence-electron chi connectivity index (χ2n) is 5.79. The summed E-state index contributed by atoms with van der Waals surface area (Å²) in [7, 11) is 0. The van der Waals surface area contributed by atoms with Gasteiger partial charge in [0, 0.05) is 11.5 Å². The third-order valence-corrected chi connectivity index (χ3v) is 5.94. The number of aryl methyl sites for hydroxylation is 2. The highest BCUT2D eigenvalue weighted by molar-refractivity contribution is 14.1. The average Bonchev–Trinajstić information content (AvgIpc) is 2.96. The van der Waals surface area contributed by atoms with Crippen molar-refractivity contribution in [3.05, 3.63) is 43.7 Å². The number of aromatic nitrogens is 2. The Labute approximate surface area is 144 Å². The molecule has 4 heteroatoms. The molecule has 3 rings (SSSR count). The number of hydrogen-bond donors (Lipinski definition) is 0. The van der Waals surface area contributed by atoms with E-state index in [1.807, 2.05) is 0 Å². The molecule has 0 radical (unpaired) electrons. The minimum atomic E-state index is 0.542. The van der Waals surface area contributed by atoms with Crippen LogP contribution < -0.4 is 0 Å². The van der Waals surface area contributed by atoms with Crippen LogP contribution in [0.2, 0.25) is 5.15 Å². The maximum atomic E-state index is 6.39. The van der Waals surface area contributed by atoms with Crippen molar-refractivity contribution >= 4 is 34.2 Å². The van der Waals surface area contributed by atoms with Gasteiger partial charge in [-0.15, -0.1) is 0 Å². The lowest BCUT2D eigenvalue weighted by Crippen LogP contribution is -2.05. The number of benzene rings is 1. The molecule has 1 aliphatic rings. The molecule has 1 saturated carbocycles. The molecule has 2 nitrogen and oxygen atoms in total. The van der Waals surface area contributed by atoms with Gasteiger partial charge in [0.1, 0.15) is 5.15 Å². The highest BCUT2D eigenvalue weighted by Crippen LogP contribution is 2.38. The first-order valence-electron chi connectivity index (χ1n) is 7.37. The van der Waals surface area contributed by atoms with Crippen molar-refractivity contribution in [2.75, 3.05) is 0 Å². The highest BCUT2D eigenvalue weighted by Gasteiger charge is 2.24. The number of hydrogen-bond acceptors (Lipinski definition) is 2. The molecule has 0 amide bonds. The fourth-order valence-corrected chi connectivity index (χ4v) is 4.04. The molecule has 1 aromatic carbocycles. The van der Waals surface area contributed by atoms with Crippen molar-refractivity contribution < 1.29 is 0 Å². The minimum Gasteiger partial charge on any atom is -0.232 e. The first-order valence-corrected chi connectivity index (χ1v) is 8.83. The molecule has 110 valence electrons. The predicted octanol–water partition coefficient (Wildman–Crippen LogP) is 5.68. The smallest absolute Gasteiger partial charge is 0.161 e. The Hall–Kier alpha value is -0.680. The fourth-order valence-electron chi connectivity index (χ4n) is 3.18. The first-order chi connectivity index (χ1) is 10.1. The van der Waals surface area contributed by atoms with Gasteiger partial charge in [-0.05, 0) is 60.4 Å². The number of halogens is 2. The largest absolute Gasteiger partial charge is 0.232 e. The van der Waals surface area contributed by atoms with Crippen molar-refractivity contribution in [3.63, 3.8) is 0 Å². The molecular formula is C17H18ClIN2. The van der Waals surface area contributed by atoms with E-state index in [4.69, 9.17) is 16.6 Å². The maximum absolute atomic E-state index is 6.39. The summed E-state index contributed by atoms with van der Waals surface area (Å²) < 4.78 is 1.02. The van der Waals surface area contributed by atoms with Crippen LogP contribution in [0.5, 0.6) is 0 Å². The SMILES string of the molecule is Cc1cccc(C)c1-c1nc(Cl)c(I)c(C2CCCC2)n1. The van der Waals surface area contributed by atoms with Crippen LogP contribution in [-0.2, 0) is 0 Å². The first kappa shape index (κ1) is 15.2. The summed E-state index contributed by atoms with van der Waals surface area (Å²) in [4.78, 5) is 9.45. The van der Waals surface area contributed by atoms with E-state index in [-0.39, 0.29) is 0 Å². The lowest BCUT2D eigenvalue weighted by molar-refractivity contribution is 0.690. The number of rotatable bonds is 2. The molecule has 0 unspecified atom stereocenters. The predicted molar refractivity (Wildman–Crippen MR) is 95.9 cm³/mol. The maximum Gasteiger partial charge on any atom is 0.161 e. The molecule has 0 N–H and O–H groups in total. The van der Waals surface area contributed by atoms with Crippen LogP contribution >= 0.6 is 34.2 Å². The molecule has 1 aromatic heterocycles. The van der Waals surface area contributed by atoms with Crippen LogP contribution in [0.3, 0.4) is 0 Å². The lowest BCUT2D eigenvalue weighted by Gasteiger charge is -2.15. The van der Waals surface area contributed by atoms with Crippen LogP contribution in [0.15, 0.2) is 18.2 Å². The zero-order valence-corrected chi connectivity index (χ0v) is 15.2. The fraction of sp³-hybridized carbons (Fsp3) is 0.412. The van der Waals surface area contributed by atoms with Gasteiger partial charge in [0.05, 0.1) is 9.26 Å². The molecule has 0 bridgehead atoms. The van der Waals surface area contributed by atoms with Gasteiger partial charge in [0.25, 0.3) is 0 Å². The summed E-state index contributed by atoms with van der Waals surface area (Å²) in [6.45, 7) is 4.21. The Bertz CT molecular complexity index is 658. The highest BCUT2D eigenvalue weighted by atomic mass is 127. The van der Waals surface area contributed by atoms with Crippen LogP contribution in [-0.4, -0.2) is 9.97 Å². The van der Waals surface area contributed by atoms with Crippen LogP contribution in [0, 0.1) is 17.4 Å². The Morgan fingerprint density at radius 1 is 1.10 bits per heavy atom. The van der Waals surface area contributed by atoms with Crippen LogP contribution in [0.1, 0.15) is 48.4 Å². The van der Waals surface area contributed by atoms with Crippen molar-refractivity contribution in [1.29, 1.82) is 0 Å². The van der Waals surface area contributed by atoms with Crippen molar-refractivity contribution in [2.24, 2.45) is 0 Å². The Balaban J connectivity index is 2.16. The summed E-state index contributed by atoms with van der Waals surface area (Å²) in [5, 5.41) is 0.588. The van der Waals surface area contributed by atoms with E-state index in [9.17, 15) is 0 Å². The molecule has 0 saturated heterocycles. The normalized spacial score (nSPS) is 15.6. The second kappa shape index (κ2) is 6.21. The van der Waals surface area contributed by atoms with E-state index in [1.165, 1.54) is 36.8 Å². The van der Waals surface area contributed by atoms with E-state index in [1.54, 1.807) is 0 Å². The zero-order chi connectivity index (χ0) is 15.0. The molecule has 1 fully saturated rings. The topological polar surface area (TPSA) is 25.8 Å². The molecule has 21 heavy (non-hydrogen) atoms. The van der Waals surface area contributed by atoms with Gasteiger partial charge in [-0.1, -0.05) is 42.6 Å². The molecular weight excluding hydrogens is 395 g/mol. The molecule has 1 aliphatic carbocycles. The quantitative estimate of drug-likeness (QED) is 0.469. The third-order valence-electron chi connectivity index (χ3n) is 4.28. The summed E-state index contributed by atoms with van der Waals surface area (Å²) >= 11 is 8.68. The van der Waals surface area contributed by atoms with Gasteiger partial charge < -0.3 is 0 Å². The molecule has 0 atom stereocenters. The standard InChI is InChI=1S/C17H18ClIN2/c1-10-6-5-7-11(2)13(10)17-20-15(12-8-3-4-9-12)14(19)16(18)21-17/h5-7,12H,3-4,8-9H2,1-2H3. The lowest BCUT2D eigenvalue weighted by atomic mass is 10.0. The molecule has 0 aliphatic heterocycles. The third kappa shape index (κ3) is 2.95. The molecule has 0 spiro atoms. The van der Waals surface area contributed by atoms with Crippen molar-refractivity contribution in [3.8, 4) is 11.4 Å². The average molecular weight is 413 g/mol. The van der Waals surface area contributed by atoms with Gasteiger partial charge in [-0.3, -0.25) is 0 Å². The van der Waals surface area contributed by atoms with Crippen LogP contribution in [0.25, 0.3) is 11.4 Å². The van der Waals surface area contributed by atoms with E-state index in [0.29, 0.717) is 11.1 Å². The van der Waals surface area contributed by atoms with Gasteiger partial charge in [-0.25, -0.2) is 9.97 Å². The van der Waals surface area contributed by atoms with Gasteiger partial charge in [-0.2, -0.15) is 0 Å². The van der Waals surface area contributed by atoms with Gasteiger partial charge in [0.2, 0.25) is 0 Å². The van der Waals surface area contributed by atoms with E-state index < -0.39 is 0 Å². The van der Waals surface area contributed by atoms with Crippen molar-refractivity contribution in [2.45, 2.75) is 45.4 Å². The second-order valence-corrected chi connectivity index (χ2v) is 7.22. The van der Waals surface area contributed by atoms with Gasteiger partial charge >= 0.3 is 0 Å². The zero-order valence-electron chi connectivity index (χ0n) is 12.3. The number of nitrogens with zero attached hydrogens (tertiary/aromatic N) is 2. The van der Waals surface area contributed by atoms with E-state index in [2.05, 4.69) is 59.6 Å². The Morgan fingerprint density at radius 3 is 2.33 bits per heavy atom. The summed E-state index contributed by atoms with van der Waals surface area (Å²) in [5.41, 5.74) is 4.66. The summed E-state index contributed by atoms with van der Waals surface area (Å²) in [6.07, 6.45) is 5.02. The Kier molecular flexibility index (Phi) is 4.50. The van der Waals surface area contributed by atoms with Crippen molar-refractivity contribution in [1.82, 2.24) is 9.97 Å². The molecule has 1 heterocycles. The molecule has 2 aromatic rings. The summed E-state index contributed by atoms with van der Waals surface area (Å²) in [5.74, 6) is 1.32. The Morgan fingerprint density at radius 2 is 1.71 bits per heavy atom. The summed E-state index contributed by atoms with van der Waals surface area (Å²) in [6, 6.07) is 6.28. The van der Waals surface area contributed by atoms with E-state index in [0.717, 1.165) is 20.7 Å². The van der Waals surface area contributed by atoms with Gasteiger partial charge in [0.15, 0.2) is 5.82 Å². The van der Waals surface area contributed by atoms with E-state index >= 15 is 0 Å². The van der Waals surface area contributed by atoms with Crippen LogP contribution in [0.4, 0.5) is 0 Å². The minimum absolute atomic E-state index is 0.542.